The van der Waals surface area contributed by atoms with Crippen LogP contribution in [-0.4, -0.2) is 46.6 Å². The molecule has 0 saturated carbocycles. The van der Waals surface area contributed by atoms with Crippen molar-refractivity contribution < 1.29 is 0 Å². The second kappa shape index (κ2) is 5.63. The summed E-state index contributed by atoms with van der Waals surface area (Å²) in [6.07, 6.45) is 0.713. The Morgan fingerprint density at radius 3 is 2.60 bits per heavy atom. The number of hydrogen-bond donors (Lipinski definition) is 1. The van der Waals surface area contributed by atoms with Crippen LogP contribution in [0.15, 0.2) is 10.9 Å². The van der Waals surface area contributed by atoms with Gasteiger partial charge in [-0.25, -0.2) is 4.98 Å². The van der Waals surface area contributed by atoms with Gasteiger partial charge in [-0.15, -0.1) is 0 Å². The van der Waals surface area contributed by atoms with E-state index in [-0.39, 0.29) is 5.56 Å². The Labute approximate surface area is 119 Å². The average molecular weight is 275 g/mol. The van der Waals surface area contributed by atoms with Gasteiger partial charge in [0.25, 0.3) is 5.56 Å². The molecule has 1 aliphatic rings. The van der Waals surface area contributed by atoms with Crippen LogP contribution < -0.4 is 10.5 Å². The number of aromatic nitrogens is 2. The van der Waals surface area contributed by atoms with Crippen molar-refractivity contribution in [3.8, 4) is 6.07 Å². The molecule has 0 bridgehead atoms. The van der Waals surface area contributed by atoms with Crippen molar-refractivity contribution in [1.82, 2.24) is 14.9 Å². The van der Waals surface area contributed by atoms with Crippen LogP contribution in [0.3, 0.4) is 0 Å². The van der Waals surface area contributed by atoms with Crippen LogP contribution in [0.1, 0.15) is 26.6 Å². The summed E-state index contributed by atoms with van der Waals surface area (Å²) in [5, 5.41) is 9.17. The van der Waals surface area contributed by atoms with Crippen LogP contribution in [0.2, 0.25) is 0 Å². The Balaban J connectivity index is 2.10. The molecule has 0 atom stereocenters. The predicted octanol–water partition coefficient (Wildman–Crippen LogP) is 0.756. The lowest BCUT2D eigenvalue weighted by Crippen LogP contribution is -2.54. The van der Waals surface area contributed by atoms with Crippen molar-refractivity contribution in [2.75, 3.05) is 31.1 Å². The molecule has 1 fully saturated rings. The van der Waals surface area contributed by atoms with Gasteiger partial charge in [0.1, 0.15) is 17.2 Å². The zero-order valence-electron chi connectivity index (χ0n) is 12.3. The molecule has 0 aliphatic carbocycles. The number of rotatable bonds is 3. The van der Waals surface area contributed by atoms with E-state index in [1.807, 2.05) is 20.8 Å². The Morgan fingerprint density at radius 1 is 1.40 bits per heavy atom. The smallest absolute Gasteiger partial charge is 0.252 e. The molecule has 0 amide bonds. The number of aromatic amines is 1. The van der Waals surface area contributed by atoms with Gasteiger partial charge in [-0.05, 0) is 13.8 Å². The van der Waals surface area contributed by atoms with Crippen molar-refractivity contribution in [3.05, 3.63) is 22.2 Å². The Morgan fingerprint density at radius 2 is 2.05 bits per heavy atom. The molecule has 0 spiro atoms. The number of H-pyrrole nitrogens is 1. The molecule has 6 nitrogen and oxygen atoms in total. The second-order valence-corrected chi connectivity index (χ2v) is 5.55. The third-order valence-electron chi connectivity index (χ3n) is 3.78. The van der Waals surface area contributed by atoms with Gasteiger partial charge in [0.2, 0.25) is 0 Å². The normalized spacial score (nSPS) is 17.0. The highest BCUT2D eigenvalue weighted by Gasteiger charge is 2.30. The molecule has 1 aromatic heterocycles. The van der Waals surface area contributed by atoms with Crippen molar-refractivity contribution in [2.45, 2.75) is 32.7 Å². The predicted molar refractivity (Wildman–Crippen MR) is 77.7 cm³/mol. The molecular formula is C14H21N5O. The third-order valence-corrected chi connectivity index (χ3v) is 3.78. The fourth-order valence-electron chi connectivity index (χ4n) is 2.39. The van der Waals surface area contributed by atoms with Crippen molar-refractivity contribution in [1.29, 1.82) is 5.26 Å². The standard InChI is InChI=1S/C14H21N5O/c1-4-11-16-12(9-13(20)17-11)18-5-7-19(8-6-18)14(2,3)10-15/h9H,4-8H2,1-3H3,(H,16,17,20). The van der Waals surface area contributed by atoms with Gasteiger partial charge in [-0.2, -0.15) is 5.26 Å². The van der Waals surface area contributed by atoms with Gasteiger partial charge < -0.3 is 9.88 Å². The lowest BCUT2D eigenvalue weighted by molar-refractivity contribution is 0.157. The average Bonchev–Trinajstić information content (AvgIpc) is 2.46. The van der Waals surface area contributed by atoms with Crippen LogP contribution >= 0.6 is 0 Å². The van der Waals surface area contributed by atoms with E-state index in [0.717, 1.165) is 32.0 Å². The maximum Gasteiger partial charge on any atom is 0.252 e. The minimum Gasteiger partial charge on any atom is -0.354 e. The summed E-state index contributed by atoms with van der Waals surface area (Å²) in [5.74, 6) is 1.45. The van der Waals surface area contributed by atoms with E-state index in [9.17, 15) is 10.1 Å². The van der Waals surface area contributed by atoms with Gasteiger partial charge in [0.15, 0.2) is 0 Å². The van der Waals surface area contributed by atoms with Crippen molar-refractivity contribution >= 4 is 5.82 Å². The summed E-state index contributed by atoms with van der Waals surface area (Å²) in [6.45, 7) is 9.00. The number of aryl methyl sites for hydroxylation is 1. The summed E-state index contributed by atoms with van der Waals surface area (Å²) < 4.78 is 0. The summed E-state index contributed by atoms with van der Waals surface area (Å²) >= 11 is 0. The first-order valence-corrected chi connectivity index (χ1v) is 6.98. The fraction of sp³-hybridized carbons (Fsp3) is 0.643. The Hall–Kier alpha value is -1.87. The number of hydrogen-bond acceptors (Lipinski definition) is 5. The Bertz CT molecular complexity index is 564. The van der Waals surface area contributed by atoms with E-state index in [1.165, 1.54) is 0 Å². The lowest BCUT2D eigenvalue weighted by atomic mass is 10.0. The van der Waals surface area contributed by atoms with Crippen molar-refractivity contribution in [2.24, 2.45) is 0 Å². The molecule has 0 unspecified atom stereocenters. The molecule has 1 aliphatic heterocycles. The van der Waals surface area contributed by atoms with E-state index in [1.54, 1.807) is 6.07 Å². The topological polar surface area (TPSA) is 76.0 Å². The largest absolute Gasteiger partial charge is 0.354 e. The van der Waals surface area contributed by atoms with E-state index in [0.29, 0.717) is 12.2 Å². The number of nitriles is 1. The summed E-state index contributed by atoms with van der Waals surface area (Å²) in [5.41, 5.74) is -0.547. The Kier molecular flexibility index (Phi) is 4.09. The number of nitrogens with zero attached hydrogens (tertiary/aromatic N) is 4. The van der Waals surface area contributed by atoms with E-state index >= 15 is 0 Å². The highest BCUT2D eigenvalue weighted by molar-refractivity contribution is 5.38. The van der Waals surface area contributed by atoms with Crippen LogP contribution in [0.25, 0.3) is 0 Å². The van der Waals surface area contributed by atoms with E-state index in [4.69, 9.17) is 0 Å². The molecule has 0 radical (unpaired) electrons. The quantitative estimate of drug-likeness (QED) is 0.881. The van der Waals surface area contributed by atoms with Gasteiger partial charge in [0, 0.05) is 38.7 Å². The summed E-state index contributed by atoms with van der Waals surface area (Å²) in [4.78, 5) is 23.1. The minimum absolute atomic E-state index is 0.105. The maximum absolute atomic E-state index is 11.6. The van der Waals surface area contributed by atoms with Gasteiger partial charge in [-0.3, -0.25) is 9.69 Å². The fourth-order valence-corrected chi connectivity index (χ4v) is 2.39. The lowest BCUT2D eigenvalue weighted by Gasteiger charge is -2.40. The first kappa shape index (κ1) is 14.5. The molecule has 20 heavy (non-hydrogen) atoms. The van der Waals surface area contributed by atoms with Gasteiger partial charge >= 0.3 is 0 Å². The first-order chi connectivity index (χ1) is 9.46. The zero-order chi connectivity index (χ0) is 14.8. The molecule has 2 rings (SSSR count). The van der Waals surface area contributed by atoms with Crippen LogP contribution in [-0.2, 0) is 6.42 Å². The van der Waals surface area contributed by atoms with E-state index in [2.05, 4.69) is 25.8 Å². The number of anilines is 1. The molecular weight excluding hydrogens is 254 g/mol. The van der Waals surface area contributed by atoms with E-state index < -0.39 is 5.54 Å². The molecule has 0 aromatic carbocycles. The highest BCUT2D eigenvalue weighted by Crippen LogP contribution is 2.18. The van der Waals surface area contributed by atoms with Crippen LogP contribution in [0.4, 0.5) is 5.82 Å². The minimum atomic E-state index is -0.442. The van der Waals surface area contributed by atoms with Crippen LogP contribution in [0.5, 0.6) is 0 Å². The third kappa shape index (κ3) is 2.99. The zero-order valence-corrected chi connectivity index (χ0v) is 12.3. The number of nitrogens with one attached hydrogen (secondary N) is 1. The van der Waals surface area contributed by atoms with Gasteiger partial charge in [0.05, 0.1) is 6.07 Å². The molecule has 6 heteroatoms. The maximum atomic E-state index is 11.6. The summed E-state index contributed by atoms with van der Waals surface area (Å²) in [6, 6.07) is 3.88. The molecule has 1 aromatic rings. The van der Waals surface area contributed by atoms with Crippen molar-refractivity contribution in [3.63, 3.8) is 0 Å². The second-order valence-electron chi connectivity index (χ2n) is 5.55. The summed E-state index contributed by atoms with van der Waals surface area (Å²) in [7, 11) is 0. The van der Waals surface area contributed by atoms with Crippen LogP contribution in [0, 0.1) is 11.3 Å². The molecule has 2 heterocycles. The monoisotopic (exact) mass is 275 g/mol. The van der Waals surface area contributed by atoms with Gasteiger partial charge in [-0.1, -0.05) is 6.92 Å². The molecule has 1 saturated heterocycles. The molecule has 108 valence electrons. The number of piperazine rings is 1. The first-order valence-electron chi connectivity index (χ1n) is 6.98. The SMILES string of the molecule is CCc1nc(N2CCN(C(C)(C)C#N)CC2)cc(=O)[nH]1. The molecule has 1 N–H and O–H groups in total. The highest BCUT2D eigenvalue weighted by atomic mass is 16.1.